The van der Waals surface area contributed by atoms with Crippen molar-refractivity contribution in [2.75, 3.05) is 32.6 Å². The summed E-state index contributed by atoms with van der Waals surface area (Å²) in [7, 11) is 2.19. The van der Waals surface area contributed by atoms with E-state index in [1.807, 2.05) is 12.1 Å². The molecule has 112 valence electrons. The molecule has 0 bridgehead atoms. The molecule has 1 aromatic rings. The smallest absolute Gasteiger partial charge is 0.0472 e. The summed E-state index contributed by atoms with van der Waals surface area (Å²) >= 11 is 10.6. The first kappa shape index (κ1) is 16.2. The molecule has 1 unspecified atom stereocenters. The highest BCUT2D eigenvalue weighted by Crippen LogP contribution is 2.34. The van der Waals surface area contributed by atoms with Gasteiger partial charge in [-0.1, -0.05) is 23.7 Å². The number of rotatable bonds is 5. The van der Waals surface area contributed by atoms with Crippen molar-refractivity contribution in [3.63, 3.8) is 0 Å². The zero-order chi connectivity index (χ0) is 14.6. The van der Waals surface area contributed by atoms with Crippen LogP contribution in [0.2, 0.25) is 5.02 Å². The van der Waals surface area contributed by atoms with E-state index in [-0.39, 0.29) is 5.41 Å². The van der Waals surface area contributed by atoms with E-state index >= 15 is 0 Å². The maximum atomic E-state index is 5.96. The third-order valence-corrected chi connectivity index (χ3v) is 5.41. The molecule has 1 aliphatic heterocycles. The van der Waals surface area contributed by atoms with Crippen LogP contribution in [-0.2, 0) is 4.74 Å². The van der Waals surface area contributed by atoms with E-state index in [0.29, 0.717) is 6.04 Å². The van der Waals surface area contributed by atoms with E-state index in [1.54, 1.807) is 0 Å². The lowest BCUT2D eigenvalue weighted by Gasteiger charge is -2.40. The molecule has 0 saturated carbocycles. The van der Waals surface area contributed by atoms with Gasteiger partial charge in [0, 0.05) is 30.8 Å². The van der Waals surface area contributed by atoms with Crippen molar-refractivity contribution in [2.24, 2.45) is 5.41 Å². The fraction of sp³-hybridized carbons (Fsp3) is 0.625. The molecule has 0 aromatic heterocycles. The quantitative estimate of drug-likeness (QED) is 0.823. The van der Waals surface area contributed by atoms with Gasteiger partial charge in [0.1, 0.15) is 0 Å². The van der Waals surface area contributed by atoms with Crippen LogP contribution in [0, 0.1) is 5.41 Å². The maximum Gasteiger partial charge on any atom is 0.0472 e. The van der Waals surface area contributed by atoms with E-state index < -0.39 is 0 Å². The monoisotopic (exact) mass is 313 g/mol. The molecule has 0 aliphatic carbocycles. The summed E-state index contributed by atoms with van der Waals surface area (Å²) < 4.78 is 5.50. The van der Waals surface area contributed by atoms with Crippen molar-refractivity contribution < 1.29 is 4.74 Å². The summed E-state index contributed by atoms with van der Waals surface area (Å²) in [6.07, 6.45) is 2.21. The summed E-state index contributed by atoms with van der Waals surface area (Å²) in [6.45, 7) is 5.03. The second kappa shape index (κ2) is 7.17. The Morgan fingerprint density at radius 2 is 1.90 bits per heavy atom. The number of ether oxygens (including phenoxy) is 1. The van der Waals surface area contributed by atoms with Crippen molar-refractivity contribution in [3.8, 4) is 0 Å². The third kappa shape index (κ3) is 3.91. The van der Waals surface area contributed by atoms with Crippen LogP contribution in [-0.4, -0.2) is 37.5 Å². The molecule has 1 aliphatic rings. The van der Waals surface area contributed by atoms with Crippen molar-refractivity contribution in [2.45, 2.75) is 25.8 Å². The second-order valence-corrected chi connectivity index (χ2v) is 6.67. The fourth-order valence-corrected chi connectivity index (χ4v) is 3.37. The molecule has 1 heterocycles. The fourth-order valence-electron chi connectivity index (χ4n) is 2.83. The molecule has 0 amide bonds. The van der Waals surface area contributed by atoms with Gasteiger partial charge in [0.2, 0.25) is 0 Å². The minimum Gasteiger partial charge on any atom is -0.381 e. The number of benzene rings is 1. The number of halogens is 1. The van der Waals surface area contributed by atoms with Crippen LogP contribution in [0.5, 0.6) is 0 Å². The van der Waals surface area contributed by atoms with Gasteiger partial charge in [-0.15, -0.1) is 0 Å². The number of nitrogens with zero attached hydrogens (tertiary/aromatic N) is 1. The highest BCUT2D eigenvalue weighted by Gasteiger charge is 2.33. The van der Waals surface area contributed by atoms with Gasteiger partial charge in [0.25, 0.3) is 0 Å². The van der Waals surface area contributed by atoms with E-state index in [1.165, 1.54) is 5.56 Å². The molecule has 2 nitrogen and oxygen atoms in total. The van der Waals surface area contributed by atoms with Gasteiger partial charge < -0.3 is 4.74 Å². The summed E-state index contributed by atoms with van der Waals surface area (Å²) in [4.78, 5) is 2.42. The molecule has 1 saturated heterocycles. The molecule has 1 fully saturated rings. The average Bonchev–Trinajstić information content (AvgIpc) is 2.48. The lowest BCUT2D eigenvalue weighted by Crippen LogP contribution is -2.42. The van der Waals surface area contributed by atoms with E-state index in [2.05, 4.69) is 43.6 Å². The van der Waals surface area contributed by atoms with Gasteiger partial charge in [-0.05, 0) is 55.7 Å². The molecule has 20 heavy (non-hydrogen) atoms. The standard InChI is InChI=1S/C16H24ClNOS/c1-13(14-3-5-15(17)6-4-14)18(2)11-16(12-20)7-9-19-10-8-16/h3-6,13,20H,7-12H2,1-2H3. The molecular formula is C16H24ClNOS. The Kier molecular flexibility index (Phi) is 5.79. The Hall–Kier alpha value is -0.220. The molecule has 2 rings (SSSR count). The van der Waals surface area contributed by atoms with Crippen LogP contribution >= 0.6 is 24.2 Å². The zero-order valence-corrected chi connectivity index (χ0v) is 14.0. The molecule has 1 atom stereocenters. The van der Waals surface area contributed by atoms with Crippen LogP contribution in [0.4, 0.5) is 0 Å². The number of thiol groups is 1. The SMILES string of the molecule is CC(c1ccc(Cl)cc1)N(C)CC1(CS)CCOCC1. The summed E-state index contributed by atoms with van der Waals surface area (Å²) in [5.41, 5.74) is 1.59. The summed E-state index contributed by atoms with van der Waals surface area (Å²) in [6, 6.07) is 8.53. The van der Waals surface area contributed by atoms with E-state index in [9.17, 15) is 0 Å². The van der Waals surface area contributed by atoms with Crippen molar-refractivity contribution in [1.82, 2.24) is 4.90 Å². The van der Waals surface area contributed by atoms with Crippen LogP contribution in [0.1, 0.15) is 31.4 Å². The topological polar surface area (TPSA) is 12.5 Å². The van der Waals surface area contributed by atoms with Crippen molar-refractivity contribution in [3.05, 3.63) is 34.9 Å². The second-order valence-electron chi connectivity index (χ2n) is 5.91. The van der Waals surface area contributed by atoms with Gasteiger partial charge in [0.15, 0.2) is 0 Å². The minimum absolute atomic E-state index is 0.288. The first-order chi connectivity index (χ1) is 9.56. The molecule has 0 spiro atoms. The molecular weight excluding hydrogens is 290 g/mol. The molecule has 0 radical (unpaired) electrons. The summed E-state index contributed by atoms with van der Waals surface area (Å²) in [5, 5.41) is 0.792. The number of hydrogen-bond donors (Lipinski definition) is 1. The predicted molar refractivity (Wildman–Crippen MR) is 88.8 cm³/mol. The number of hydrogen-bond acceptors (Lipinski definition) is 3. The zero-order valence-electron chi connectivity index (χ0n) is 12.3. The average molecular weight is 314 g/mol. The Morgan fingerprint density at radius 3 is 2.45 bits per heavy atom. The largest absolute Gasteiger partial charge is 0.381 e. The Labute approximate surface area is 132 Å². The molecule has 4 heteroatoms. The van der Waals surface area contributed by atoms with Gasteiger partial charge in [-0.2, -0.15) is 12.6 Å². The summed E-state index contributed by atoms with van der Waals surface area (Å²) in [5.74, 6) is 0.925. The first-order valence-electron chi connectivity index (χ1n) is 7.21. The first-order valence-corrected chi connectivity index (χ1v) is 8.22. The Morgan fingerprint density at radius 1 is 1.30 bits per heavy atom. The van der Waals surface area contributed by atoms with Gasteiger partial charge in [-0.3, -0.25) is 4.90 Å². The third-order valence-electron chi connectivity index (χ3n) is 4.49. The molecule has 1 aromatic carbocycles. The Balaban J connectivity index is 2.02. The van der Waals surface area contributed by atoms with E-state index in [0.717, 1.165) is 43.4 Å². The van der Waals surface area contributed by atoms with Crippen LogP contribution in [0.3, 0.4) is 0 Å². The molecule has 0 N–H and O–H groups in total. The minimum atomic E-state index is 0.288. The van der Waals surface area contributed by atoms with Crippen LogP contribution < -0.4 is 0 Å². The van der Waals surface area contributed by atoms with Crippen molar-refractivity contribution >= 4 is 24.2 Å². The Bertz CT molecular complexity index is 417. The van der Waals surface area contributed by atoms with Crippen molar-refractivity contribution in [1.29, 1.82) is 0 Å². The van der Waals surface area contributed by atoms with Gasteiger partial charge in [-0.25, -0.2) is 0 Å². The van der Waals surface area contributed by atoms with Gasteiger partial charge in [0.05, 0.1) is 0 Å². The highest BCUT2D eigenvalue weighted by atomic mass is 35.5. The van der Waals surface area contributed by atoms with Crippen LogP contribution in [0.25, 0.3) is 0 Å². The lowest BCUT2D eigenvalue weighted by atomic mass is 9.81. The highest BCUT2D eigenvalue weighted by molar-refractivity contribution is 7.80. The predicted octanol–water partition coefficient (Wildman–Crippen LogP) is 4.06. The lowest BCUT2D eigenvalue weighted by molar-refractivity contribution is 0.00633. The van der Waals surface area contributed by atoms with E-state index in [4.69, 9.17) is 16.3 Å². The van der Waals surface area contributed by atoms with Gasteiger partial charge >= 0.3 is 0 Å². The van der Waals surface area contributed by atoms with Crippen LogP contribution in [0.15, 0.2) is 24.3 Å². The normalized spacial score (nSPS) is 20.1. The maximum absolute atomic E-state index is 5.96.